The molecule has 0 aliphatic rings. The summed E-state index contributed by atoms with van der Waals surface area (Å²) in [4.78, 5) is 4.29. The van der Waals surface area contributed by atoms with Crippen LogP contribution in [0.3, 0.4) is 0 Å². The number of hydrogen-bond acceptors (Lipinski definition) is 3. The maximum atomic E-state index is 5.75. The molecule has 0 aliphatic carbocycles. The van der Waals surface area contributed by atoms with Crippen molar-refractivity contribution in [1.82, 2.24) is 4.98 Å². The Balaban J connectivity index is 2.73. The van der Waals surface area contributed by atoms with E-state index in [-0.39, 0.29) is 0 Å². The summed E-state index contributed by atoms with van der Waals surface area (Å²) in [5.41, 5.74) is 7.90. The van der Waals surface area contributed by atoms with E-state index in [0.717, 1.165) is 17.5 Å². The van der Waals surface area contributed by atoms with Crippen molar-refractivity contribution in [1.29, 1.82) is 0 Å². The molecule has 0 saturated carbocycles. The Morgan fingerprint density at radius 3 is 3.17 bits per heavy atom. The van der Waals surface area contributed by atoms with E-state index in [1.54, 1.807) is 11.3 Å². The van der Waals surface area contributed by atoms with Gasteiger partial charge >= 0.3 is 0 Å². The van der Waals surface area contributed by atoms with E-state index in [1.807, 2.05) is 11.4 Å². The second-order valence-electron chi connectivity index (χ2n) is 2.69. The molecule has 0 aliphatic heterocycles. The minimum Gasteiger partial charge on any atom is -0.383 e. The van der Waals surface area contributed by atoms with Gasteiger partial charge in [0.25, 0.3) is 0 Å². The first kappa shape index (κ1) is 7.55. The maximum Gasteiger partial charge on any atom is 0.127 e. The van der Waals surface area contributed by atoms with Crippen molar-refractivity contribution in [3.63, 3.8) is 0 Å². The van der Waals surface area contributed by atoms with E-state index in [0.29, 0.717) is 5.82 Å². The van der Waals surface area contributed by atoms with E-state index in [4.69, 9.17) is 5.73 Å². The number of hydrogen-bond donors (Lipinski definition) is 1. The van der Waals surface area contributed by atoms with Crippen molar-refractivity contribution in [2.45, 2.75) is 13.3 Å². The van der Waals surface area contributed by atoms with Crippen molar-refractivity contribution < 1.29 is 0 Å². The lowest BCUT2D eigenvalue weighted by Crippen LogP contribution is -1.95. The molecule has 0 aromatic carbocycles. The molecule has 12 heavy (non-hydrogen) atoms. The predicted octanol–water partition coefficient (Wildman–Crippen LogP) is 2.44. The van der Waals surface area contributed by atoms with Crippen LogP contribution < -0.4 is 5.73 Å². The number of rotatable bonds is 1. The lowest BCUT2D eigenvalue weighted by Gasteiger charge is -2.00. The fourth-order valence-corrected chi connectivity index (χ4v) is 2.02. The van der Waals surface area contributed by atoms with Crippen molar-refractivity contribution >= 4 is 27.4 Å². The summed E-state index contributed by atoms with van der Waals surface area (Å²) < 4.78 is 1.22. The molecule has 2 heterocycles. The Morgan fingerprint density at radius 1 is 1.58 bits per heavy atom. The minimum atomic E-state index is 0.670. The quantitative estimate of drug-likeness (QED) is 0.728. The highest BCUT2D eigenvalue weighted by atomic mass is 32.1. The van der Waals surface area contributed by atoms with Crippen molar-refractivity contribution in [2.24, 2.45) is 0 Å². The number of aromatic nitrogens is 1. The van der Waals surface area contributed by atoms with Crippen LogP contribution in [0, 0.1) is 0 Å². The minimum absolute atomic E-state index is 0.670. The van der Waals surface area contributed by atoms with Crippen LogP contribution in [0.25, 0.3) is 10.2 Å². The van der Waals surface area contributed by atoms with E-state index >= 15 is 0 Å². The molecule has 3 heteroatoms. The second kappa shape index (κ2) is 2.75. The van der Waals surface area contributed by atoms with Gasteiger partial charge in [-0.15, -0.1) is 11.3 Å². The molecule has 2 nitrogen and oxygen atoms in total. The topological polar surface area (TPSA) is 38.9 Å². The third kappa shape index (κ3) is 1.06. The molecule has 0 unspecified atom stereocenters. The molecule has 0 fully saturated rings. The molecule has 2 aromatic heterocycles. The number of thiophene rings is 1. The average molecular weight is 178 g/mol. The zero-order valence-corrected chi connectivity index (χ0v) is 7.69. The fraction of sp³-hybridized carbons (Fsp3) is 0.222. The smallest absolute Gasteiger partial charge is 0.127 e. The van der Waals surface area contributed by atoms with Crippen molar-refractivity contribution in [2.75, 3.05) is 5.73 Å². The van der Waals surface area contributed by atoms with Crippen LogP contribution in [0.5, 0.6) is 0 Å². The average Bonchev–Trinajstić information content (AvgIpc) is 2.49. The summed E-state index contributed by atoms with van der Waals surface area (Å²) in [5, 5.41) is 2.04. The highest BCUT2D eigenvalue weighted by Gasteiger charge is 2.01. The highest BCUT2D eigenvalue weighted by Crippen LogP contribution is 2.23. The van der Waals surface area contributed by atoms with Gasteiger partial charge in [0.2, 0.25) is 0 Å². The molecular weight excluding hydrogens is 168 g/mol. The number of pyridine rings is 1. The van der Waals surface area contributed by atoms with E-state index < -0.39 is 0 Å². The largest absolute Gasteiger partial charge is 0.383 e. The summed E-state index contributed by atoms with van der Waals surface area (Å²) >= 11 is 1.71. The Bertz CT molecular complexity index is 406. The normalized spacial score (nSPS) is 10.8. The van der Waals surface area contributed by atoms with Gasteiger partial charge in [-0.2, -0.15) is 0 Å². The summed E-state index contributed by atoms with van der Waals surface area (Å²) in [7, 11) is 0. The van der Waals surface area contributed by atoms with Gasteiger partial charge < -0.3 is 5.73 Å². The Kier molecular flexibility index (Phi) is 1.73. The molecule has 0 bridgehead atoms. The van der Waals surface area contributed by atoms with Crippen LogP contribution in [0.4, 0.5) is 5.82 Å². The molecule has 0 spiro atoms. The first-order chi connectivity index (χ1) is 5.81. The zero-order chi connectivity index (χ0) is 8.55. The molecule has 0 atom stereocenters. The van der Waals surface area contributed by atoms with Crippen LogP contribution in [0.15, 0.2) is 17.5 Å². The number of nitrogen functional groups attached to an aromatic ring is 1. The monoisotopic (exact) mass is 178 g/mol. The summed E-state index contributed by atoms with van der Waals surface area (Å²) in [5.74, 6) is 0.670. The van der Waals surface area contributed by atoms with E-state index in [9.17, 15) is 0 Å². The summed E-state index contributed by atoms with van der Waals surface area (Å²) in [6.07, 6.45) is 0.951. The maximum absolute atomic E-state index is 5.75. The second-order valence-corrected chi connectivity index (χ2v) is 3.64. The molecule has 0 amide bonds. The predicted molar refractivity (Wildman–Crippen MR) is 53.4 cm³/mol. The molecule has 62 valence electrons. The Labute approximate surface area is 75.0 Å². The van der Waals surface area contributed by atoms with Gasteiger partial charge in [0, 0.05) is 0 Å². The van der Waals surface area contributed by atoms with Gasteiger partial charge in [-0.3, -0.25) is 0 Å². The van der Waals surface area contributed by atoms with Crippen LogP contribution in [0.2, 0.25) is 0 Å². The SMILES string of the molecule is CCc1cc2sccc2nc1N. The third-order valence-corrected chi connectivity index (χ3v) is 2.78. The number of nitrogens with two attached hydrogens (primary N) is 1. The summed E-state index contributed by atoms with van der Waals surface area (Å²) in [6, 6.07) is 4.12. The van der Waals surface area contributed by atoms with Crippen LogP contribution in [-0.2, 0) is 6.42 Å². The lowest BCUT2D eigenvalue weighted by atomic mass is 10.2. The number of nitrogens with zero attached hydrogens (tertiary/aromatic N) is 1. The first-order valence-corrected chi connectivity index (χ1v) is 4.82. The summed E-state index contributed by atoms with van der Waals surface area (Å²) in [6.45, 7) is 2.09. The molecular formula is C9H10N2S. The fourth-order valence-electron chi connectivity index (χ4n) is 1.23. The molecule has 2 aromatic rings. The Hall–Kier alpha value is -1.09. The molecule has 2 rings (SSSR count). The van der Waals surface area contributed by atoms with E-state index in [1.165, 1.54) is 4.70 Å². The number of fused-ring (bicyclic) bond motifs is 1. The van der Waals surface area contributed by atoms with Gasteiger partial charge in [-0.1, -0.05) is 6.92 Å². The first-order valence-electron chi connectivity index (χ1n) is 3.94. The lowest BCUT2D eigenvalue weighted by molar-refractivity contribution is 1.13. The van der Waals surface area contributed by atoms with Crippen LogP contribution >= 0.6 is 11.3 Å². The van der Waals surface area contributed by atoms with Crippen molar-refractivity contribution in [3.8, 4) is 0 Å². The van der Waals surface area contributed by atoms with Gasteiger partial charge in [0.1, 0.15) is 5.82 Å². The van der Waals surface area contributed by atoms with E-state index in [2.05, 4.69) is 18.0 Å². The standard InChI is InChI=1S/C9H10N2S/c1-2-6-5-8-7(3-4-12-8)11-9(6)10/h3-5H,2H2,1H3,(H2,10,11). The molecule has 0 saturated heterocycles. The third-order valence-electron chi connectivity index (χ3n) is 1.93. The number of aryl methyl sites for hydroxylation is 1. The molecule has 0 radical (unpaired) electrons. The van der Waals surface area contributed by atoms with Crippen LogP contribution in [0.1, 0.15) is 12.5 Å². The van der Waals surface area contributed by atoms with Crippen molar-refractivity contribution in [3.05, 3.63) is 23.1 Å². The van der Waals surface area contributed by atoms with Gasteiger partial charge in [-0.25, -0.2) is 4.98 Å². The Morgan fingerprint density at radius 2 is 2.42 bits per heavy atom. The number of anilines is 1. The van der Waals surface area contributed by atoms with Gasteiger partial charge in [-0.05, 0) is 29.5 Å². The van der Waals surface area contributed by atoms with Gasteiger partial charge in [0.15, 0.2) is 0 Å². The molecule has 2 N–H and O–H groups in total. The van der Waals surface area contributed by atoms with Gasteiger partial charge in [0.05, 0.1) is 10.2 Å². The highest BCUT2D eigenvalue weighted by molar-refractivity contribution is 7.17. The van der Waals surface area contributed by atoms with Crippen LogP contribution in [-0.4, -0.2) is 4.98 Å². The zero-order valence-electron chi connectivity index (χ0n) is 6.87.